The van der Waals surface area contributed by atoms with E-state index in [9.17, 15) is 4.79 Å². The number of benzene rings is 2. The molecular weight excluding hydrogens is 342 g/mol. The Bertz CT molecular complexity index is 748. The number of rotatable bonds is 7. The molecule has 5 nitrogen and oxygen atoms in total. The third-order valence-corrected chi connectivity index (χ3v) is 4.01. The van der Waals surface area contributed by atoms with Crippen LogP contribution < -0.4 is 19.5 Å². The number of methoxy groups -OCH3 is 2. The van der Waals surface area contributed by atoms with Crippen LogP contribution in [0.4, 0.5) is 0 Å². The highest BCUT2D eigenvalue weighted by Gasteiger charge is 2.16. The summed E-state index contributed by atoms with van der Waals surface area (Å²) >= 11 is 5.91. The van der Waals surface area contributed by atoms with Crippen LogP contribution in [0, 0.1) is 6.92 Å². The van der Waals surface area contributed by atoms with E-state index in [1.165, 1.54) is 0 Å². The summed E-state index contributed by atoms with van der Waals surface area (Å²) in [6.45, 7) is 3.67. The zero-order valence-corrected chi connectivity index (χ0v) is 15.5. The van der Waals surface area contributed by atoms with E-state index in [-0.39, 0.29) is 18.6 Å². The van der Waals surface area contributed by atoms with Gasteiger partial charge in [-0.25, -0.2) is 0 Å². The molecule has 2 aromatic carbocycles. The molecule has 134 valence electrons. The minimum atomic E-state index is -0.257. The van der Waals surface area contributed by atoms with E-state index >= 15 is 0 Å². The van der Waals surface area contributed by atoms with Crippen LogP contribution in [-0.4, -0.2) is 26.7 Å². The molecule has 0 spiro atoms. The first-order valence-corrected chi connectivity index (χ1v) is 8.22. The van der Waals surface area contributed by atoms with Gasteiger partial charge in [0.25, 0.3) is 5.91 Å². The molecular formula is C19H22ClNO4. The van der Waals surface area contributed by atoms with Gasteiger partial charge in [0.2, 0.25) is 0 Å². The summed E-state index contributed by atoms with van der Waals surface area (Å²) in [5, 5.41) is 3.53. The molecule has 0 fully saturated rings. The molecule has 2 aromatic rings. The fraction of sp³-hybridized carbons (Fsp3) is 0.316. The van der Waals surface area contributed by atoms with Crippen LogP contribution in [0.5, 0.6) is 17.2 Å². The number of carbonyl (C=O) groups excluding carboxylic acids is 1. The molecule has 0 radical (unpaired) electrons. The summed E-state index contributed by atoms with van der Waals surface area (Å²) in [6, 6.07) is 10.5. The van der Waals surface area contributed by atoms with Gasteiger partial charge in [0.15, 0.2) is 6.61 Å². The third kappa shape index (κ3) is 5.03. The monoisotopic (exact) mass is 363 g/mol. The highest BCUT2D eigenvalue weighted by Crippen LogP contribution is 2.29. The van der Waals surface area contributed by atoms with Crippen molar-refractivity contribution in [3.63, 3.8) is 0 Å². The molecule has 1 atom stereocenters. The summed E-state index contributed by atoms with van der Waals surface area (Å²) in [4.78, 5) is 12.2. The van der Waals surface area contributed by atoms with Gasteiger partial charge < -0.3 is 19.5 Å². The molecule has 0 unspecified atom stereocenters. The van der Waals surface area contributed by atoms with Gasteiger partial charge in [-0.15, -0.1) is 0 Å². The second-order valence-electron chi connectivity index (χ2n) is 5.60. The molecule has 0 heterocycles. The zero-order chi connectivity index (χ0) is 18.4. The first kappa shape index (κ1) is 18.9. The quantitative estimate of drug-likeness (QED) is 0.810. The standard InChI is InChI=1S/C19H22ClNO4/c1-12-9-14(20)5-7-17(12)25-11-19(22)21-13(2)16-10-15(23-3)6-8-18(16)24-4/h5-10,13H,11H2,1-4H3,(H,21,22)/t13-/m1/s1. The van der Waals surface area contributed by atoms with Crippen molar-refractivity contribution in [3.05, 3.63) is 52.5 Å². The van der Waals surface area contributed by atoms with Gasteiger partial charge in [0, 0.05) is 10.6 Å². The van der Waals surface area contributed by atoms with Crippen molar-refractivity contribution in [1.82, 2.24) is 5.32 Å². The number of hydrogen-bond donors (Lipinski definition) is 1. The van der Waals surface area contributed by atoms with Gasteiger partial charge in [0.1, 0.15) is 17.2 Å². The van der Waals surface area contributed by atoms with Crippen LogP contribution >= 0.6 is 11.6 Å². The lowest BCUT2D eigenvalue weighted by molar-refractivity contribution is -0.123. The molecule has 25 heavy (non-hydrogen) atoms. The Morgan fingerprint density at radius 2 is 1.84 bits per heavy atom. The summed E-state index contributed by atoms with van der Waals surface area (Å²) < 4.78 is 16.2. The van der Waals surface area contributed by atoms with Crippen LogP contribution in [0.15, 0.2) is 36.4 Å². The summed E-state index contributed by atoms with van der Waals surface area (Å²) in [5.74, 6) is 1.78. The van der Waals surface area contributed by atoms with Crippen molar-refractivity contribution in [3.8, 4) is 17.2 Å². The summed E-state index contributed by atoms with van der Waals surface area (Å²) in [6.07, 6.45) is 0. The molecule has 0 saturated carbocycles. The number of amides is 1. The molecule has 1 amide bonds. The minimum absolute atomic E-state index is 0.0842. The molecule has 0 bridgehead atoms. The normalized spacial score (nSPS) is 11.6. The van der Waals surface area contributed by atoms with Gasteiger partial charge in [-0.3, -0.25) is 4.79 Å². The van der Waals surface area contributed by atoms with E-state index in [1.54, 1.807) is 32.4 Å². The Hall–Kier alpha value is -2.40. The molecule has 2 rings (SSSR count). The number of ether oxygens (including phenoxy) is 3. The van der Waals surface area contributed by atoms with E-state index in [1.807, 2.05) is 32.0 Å². The fourth-order valence-electron chi connectivity index (χ4n) is 2.46. The molecule has 0 aromatic heterocycles. The Morgan fingerprint density at radius 1 is 1.12 bits per heavy atom. The maximum absolute atomic E-state index is 12.2. The Labute approximate surface area is 152 Å². The number of aryl methyl sites for hydroxylation is 1. The van der Waals surface area contributed by atoms with Crippen LogP contribution in [0.3, 0.4) is 0 Å². The van der Waals surface area contributed by atoms with Gasteiger partial charge >= 0.3 is 0 Å². The van der Waals surface area contributed by atoms with Gasteiger partial charge in [-0.2, -0.15) is 0 Å². The Kier molecular flexibility index (Phi) is 6.53. The van der Waals surface area contributed by atoms with E-state index in [0.717, 1.165) is 11.1 Å². The second-order valence-corrected chi connectivity index (χ2v) is 6.03. The van der Waals surface area contributed by atoms with E-state index < -0.39 is 0 Å². The van der Waals surface area contributed by atoms with Crippen LogP contribution in [0.2, 0.25) is 5.02 Å². The number of hydrogen-bond acceptors (Lipinski definition) is 4. The smallest absolute Gasteiger partial charge is 0.258 e. The first-order valence-electron chi connectivity index (χ1n) is 7.84. The van der Waals surface area contributed by atoms with Gasteiger partial charge in [-0.1, -0.05) is 11.6 Å². The van der Waals surface area contributed by atoms with Crippen molar-refractivity contribution in [2.75, 3.05) is 20.8 Å². The van der Waals surface area contributed by atoms with Crippen molar-refractivity contribution in [1.29, 1.82) is 0 Å². The van der Waals surface area contributed by atoms with Crippen molar-refractivity contribution in [2.24, 2.45) is 0 Å². The predicted molar refractivity (Wildman–Crippen MR) is 97.8 cm³/mol. The lowest BCUT2D eigenvalue weighted by Crippen LogP contribution is -2.31. The molecule has 1 N–H and O–H groups in total. The Morgan fingerprint density at radius 3 is 2.48 bits per heavy atom. The highest BCUT2D eigenvalue weighted by molar-refractivity contribution is 6.30. The highest BCUT2D eigenvalue weighted by atomic mass is 35.5. The van der Waals surface area contributed by atoms with Gasteiger partial charge in [0.05, 0.1) is 20.3 Å². The summed E-state index contributed by atoms with van der Waals surface area (Å²) in [5.41, 5.74) is 1.71. The second kappa shape index (κ2) is 8.62. The van der Waals surface area contributed by atoms with E-state index in [0.29, 0.717) is 22.3 Å². The minimum Gasteiger partial charge on any atom is -0.497 e. The molecule has 0 aliphatic heterocycles. The predicted octanol–water partition coefficient (Wildman–Crippen LogP) is 3.92. The van der Waals surface area contributed by atoms with Crippen molar-refractivity contribution < 1.29 is 19.0 Å². The molecule has 0 aliphatic carbocycles. The maximum Gasteiger partial charge on any atom is 0.258 e. The van der Waals surface area contributed by atoms with Crippen LogP contribution in [-0.2, 0) is 4.79 Å². The van der Waals surface area contributed by atoms with Crippen LogP contribution in [0.25, 0.3) is 0 Å². The first-order chi connectivity index (χ1) is 11.9. The number of nitrogens with one attached hydrogen (secondary N) is 1. The number of halogens is 1. The lowest BCUT2D eigenvalue weighted by atomic mass is 10.1. The third-order valence-electron chi connectivity index (χ3n) is 3.78. The molecule has 0 saturated heterocycles. The zero-order valence-electron chi connectivity index (χ0n) is 14.8. The van der Waals surface area contributed by atoms with Crippen molar-refractivity contribution in [2.45, 2.75) is 19.9 Å². The van der Waals surface area contributed by atoms with Gasteiger partial charge in [-0.05, 0) is 55.8 Å². The van der Waals surface area contributed by atoms with Crippen molar-refractivity contribution >= 4 is 17.5 Å². The average Bonchev–Trinajstić information content (AvgIpc) is 2.60. The van der Waals surface area contributed by atoms with E-state index in [4.69, 9.17) is 25.8 Å². The largest absolute Gasteiger partial charge is 0.497 e. The SMILES string of the molecule is COc1ccc(OC)c([C@@H](C)NC(=O)COc2ccc(Cl)cc2C)c1. The number of carbonyl (C=O) groups is 1. The topological polar surface area (TPSA) is 56.8 Å². The maximum atomic E-state index is 12.2. The summed E-state index contributed by atoms with van der Waals surface area (Å²) in [7, 11) is 3.18. The average molecular weight is 364 g/mol. The van der Waals surface area contributed by atoms with Crippen LogP contribution in [0.1, 0.15) is 24.1 Å². The fourth-order valence-corrected chi connectivity index (χ4v) is 2.68. The molecule has 6 heteroatoms. The lowest BCUT2D eigenvalue weighted by Gasteiger charge is -2.18. The van der Waals surface area contributed by atoms with E-state index in [2.05, 4.69) is 5.32 Å². The molecule has 0 aliphatic rings. The Balaban J connectivity index is 2.00.